The quantitative estimate of drug-likeness (QED) is 0.852. The molecule has 2 unspecified atom stereocenters. The second-order valence-corrected chi connectivity index (χ2v) is 6.57. The number of hydrogen-bond donors (Lipinski definition) is 1. The van der Waals surface area contributed by atoms with Gasteiger partial charge in [0.1, 0.15) is 0 Å². The Morgan fingerprint density at radius 2 is 1.95 bits per heavy atom. The van der Waals surface area contributed by atoms with Crippen molar-refractivity contribution in [1.82, 2.24) is 10.2 Å². The van der Waals surface area contributed by atoms with Crippen LogP contribution >= 0.6 is 0 Å². The van der Waals surface area contributed by atoms with E-state index in [4.69, 9.17) is 0 Å². The lowest BCUT2D eigenvalue weighted by atomic mass is 9.95. The van der Waals surface area contributed by atoms with E-state index in [9.17, 15) is 0 Å². The summed E-state index contributed by atoms with van der Waals surface area (Å²) in [6.45, 7) is 13.8. The largest absolute Gasteiger partial charge is 0.309 e. The van der Waals surface area contributed by atoms with Gasteiger partial charge in [0.05, 0.1) is 0 Å². The number of likely N-dealkylation sites (N-methyl/N-ethyl adjacent to an activating group) is 1. The lowest BCUT2D eigenvalue weighted by molar-refractivity contribution is 0.271. The maximum atomic E-state index is 3.65. The van der Waals surface area contributed by atoms with Gasteiger partial charge in [0.15, 0.2) is 0 Å². The zero-order chi connectivity index (χ0) is 14.5. The van der Waals surface area contributed by atoms with Crippen LogP contribution in [0.15, 0.2) is 24.3 Å². The Kier molecular flexibility index (Phi) is 5.62. The Morgan fingerprint density at radius 3 is 2.50 bits per heavy atom. The number of likely N-dealkylation sites (tertiary alicyclic amines) is 1. The summed E-state index contributed by atoms with van der Waals surface area (Å²) < 4.78 is 0. The molecule has 1 aliphatic heterocycles. The predicted octanol–water partition coefficient (Wildman–Crippen LogP) is 3.62. The molecule has 112 valence electrons. The van der Waals surface area contributed by atoms with E-state index in [2.05, 4.69) is 62.2 Å². The molecule has 1 N–H and O–H groups in total. The smallest absolute Gasteiger partial charge is 0.0449 e. The molecule has 0 saturated carbocycles. The number of nitrogens with zero attached hydrogens (tertiary/aromatic N) is 1. The fourth-order valence-electron chi connectivity index (χ4n) is 3.16. The molecule has 0 aromatic heterocycles. The van der Waals surface area contributed by atoms with Gasteiger partial charge in [0, 0.05) is 19.1 Å². The standard InChI is InChI=1S/C18H30N2/c1-5-19-18(16-8-6-15(4)7-9-16)13-20-11-10-17(12-20)14(2)3/h6-9,14,17-19H,5,10-13H2,1-4H3. The second-order valence-electron chi connectivity index (χ2n) is 6.57. The van der Waals surface area contributed by atoms with E-state index in [1.807, 2.05) is 0 Å². The molecule has 20 heavy (non-hydrogen) atoms. The van der Waals surface area contributed by atoms with Gasteiger partial charge in [0.25, 0.3) is 0 Å². The third kappa shape index (κ3) is 4.07. The topological polar surface area (TPSA) is 15.3 Å². The maximum Gasteiger partial charge on any atom is 0.0449 e. The summed E-state index contributed by atoms with van der Waals surface area (Å²) in [4.78, 5) is 2.64. The van der Waals surface area contributed by atoms with Gasteiger partial charge in [-0.15, -0.1) is 0 Å². The van der Waals surface area contributed by atoms with Gasteiger partial charge in [0.2, 0.25) is 0 Å². The zero-order valence-corrected chi connectivity index (χ0v) is 13.5. The highest BCUT2D eigenvalue weighted by Crippen LogP contribution is 2.25. The average Bonchev–Trinajstić information content (AvgIpc) is 2.88. The molecular formula is C18H30N2. The molecule has 2 heteroatoms. The van der Waals surface area contributed by atoms with Crippen molar-refractivity contribution in [1.29, 1.82) is 0 Å². The minimum Gasteiger partial charge on any atom is -0.309 e. The molecule has 1 heterocycles. The predicted molar refractivity (Wildman–Crippen MR) is 87.0 cm³/mol. The number of nitrogens with one attached hydrogen (secondary N) is 1. The Hall–Kier alpha value is -0.860. The van der Waals surface area contributed by atoms with E-state index in [1.165, 1.54) is 30.6 Å². The van der Waals surface area contributed by atoms with E-state index in [0.717, 1.165) is 24.9 Å². The van der Waals surface area contributed by atoms with Crippen molar-refractivity contribution in [2.75, 3.05) is 26.2 Å². The highest BCUT2D eigenvalue weighted by molar-refractivity contribution is 5.24. The van der Waals surface area contributed by atoms with Crippen molar-refractivity contribution in [3.63, 3.8) is 0 Å². The first-order valence-corrected chi connectivity index (χ1v) is 8.12. The summed E-state index contributed by atoms with van der Waals surface area (Å²) in [7, 11) is 0. The lowest BCUT2D eigenvalue weighted by Crippen LogP contribution is -2.34. The van der Waals surface area contributed by atoms with Crippen LogP contribution in [-0.4, -0.2) is 31.1 Å². The molecule has 1 aromatic rings. The molecule has 2 atom stereocenters. The molecule has 0 bridgehead atoms. The summed E-state index contributed by atoms with van der Waals surface area (Å²) in [6.07, 6.45) is 1.37. The Bertz CT molecular complexity index is 396. The second kappa shape index (κ2) is 7.24. The number of hydrogen-bond acceptors (Lipinski definition) is 2. The average molecular weight is 274 g/mol. The van der Waals surface area contributed by atoms with Crippen molar-refractivity contribution >= 4 is 0 Å². The molecule has 1 aliphatic rings. The lowest BCUT2D eigenvalue weighted by Gasteiger charge is -2.25. The normalized spacial score (nSPS) is 21.6. The fourth-order valence-corrected chi connectivity index (χ4v) is 3.16. The first-order chi connectivity index (χ1) is 9.60. The van der Waals surface area contributed by atoms with E-state index in [-0.39, 0.29) is 0 Å². The van der Waals surface area contributed by atoms with E-state index in [1.54, 1.807) is 0 Å². The molecule has 2 rings (SSSR count). The van der Waals surface area contributed by atoms with Crippen LogP contribution in [0, 0.1) is 18.8 Å². The van der Waals surface area contributed by atoms with E-state index in [0.29, 0.717) is 6.04 Å². The van der Waals surface area contributed by atoms with Crippen molar-refractivity contribution < 1.29 is 0 Å². The van der Waals surface area contributed by atoms with Crippen LogP contribution in [0.3, 0.4) is 0 Å². The molecule has 2 nitrogen and oxygen atoms in total. The summed E-state index contributed by atoms with van der Waals surface area (Å²) in [6, 6.07) is 9.46. The molecule has 1 aromatic carbocycles. The highest BCUT2D eigenvalue weighted by Gasteiger charge is 2.26. The van der Waals surface area contributed by atoms with Gasteiger partial charge >= 0.3 is 0 Å². The minimum atomic E-state index is 0.464. The van der Waals surface area contributed by atoms with Crippen molar-refractivity contribution in [3.05, 3.63) is 35.4 Å². The van der Waals surface area contributed by atoms with Gasteiger partial charge in [-0.25, -0.2) is 0 Å². The SMILES string of the molecule is CCNC(CN1CCC(C(C)C)C1)c1ccc(C)cc1. The maximum absolute atomic E-state index is 3.65. The number of aryl methyl sites for hydroxylation is 1. The number of rotatable bonds is 6. The Morgan fingerprint density at radius 1 is 1.25 bits per heavy atom. The van der Waals surface area contributed by atoms with Crippen LogP contribution in [0.4, 0.5) is 0 Å². The van der Waals surface area contributed by atoms with Crippen LogP contribution in [0.5, 0.6) is 0 Å². The van der Waals surface area contributed by atoms with Crippen LogP contribution in [-0.2, 0) is 0 Å². The first-order valence-electron chi connectivity index (χ1n) is 8.12. The summed E-state index contributed by atoms with van der Waals surface area (Å²) in [5.74, 6) is 1.70. The molecule has 1 saturated heterocycles. The monoisotopic (exact) mass is 274 g/mol. The molecule has 0 spiro atoms. The van der Waals surface area contributed by atoms with Crippen LogP contribution in [0.2, 0.25) is 0 Å². The summed E-state index contributed by atoms with van der Waals surface area (Å²) in [5, 5.41) is 3.65. The van der Waals surface area contributed by atoms with Crippen molar-refractivity contribution in [3.8, 4) is 0 Å². The fraction of sp³-hybridized carbons (Fsp3) is 0.667. The first kappa shape index (κ1) is 15.5. The van der Waals surface area contributed by atoms with E-state index < -0.39 is 0 Å². The van der Waals surface area contributed by atoms with Gasteiger partial charge in [-0.3, -0.25) is 0 Å². The molecule has 0 radical (unpaired) electrons. The van der Waals surface area contributed by atoms with Crippen molar-refractivity contribution in [2.24, 2.45) is 11.8 Å². The zero-order valence-electron chi connectivity index (χ0n) is 13.5. The summed E-state index contributed by atoms with van der Waals surface area (Å²) in [5.41, 5.74) is 2.76. The number of benzene rings is 1. The van der Waals surface area contributed by atoms with E-state index >= 15 is 0 Å². The Labute approximate surface area is 124 Å². The van der Waals surface area contributed by atoms with Crippen LogP contribution in [0.1, 0.15) is 44.4 Å². The van der Waals surface area contributed by atoms with Gasteiger partial charge < -0.3 is 10.2 Å². The minimum absolute atomic E-state index is 0.464. The third-order valence-corrected chi connectivity index (χ3v) is 4.62. The van der Waals surface area contributed by atoms with Crippen molar-refractivity contribution in [2.45, 2.75) is 40.2 Å². The summed E-state index contributed by atoms with van der Waals surface area (Å²) >= 11 is 0. The van der Waals surface area contributed by atoms with Crippen LogP contribution in [0.25, 0.3) is 0 Å². The van der Waals surface area contributed by atoms with Gasteiger partial charge in [-0.05, 0) is 43.8 Å². The molecular weight excluding hydrogens is 244 g/mol. The Balaban J connectivity index is 1.98. The van der Waals surface area contributed by atoms with Gasteiger partial charge in [-0.2, -0.15) is 0 Å². The highest BCUT2D eigenvalue weighted by atomic mass is 15.2. The molecule has 0 amide bonds. The van der Waals surface area contributed by atoms with Gasteiger partial charge in [-0.1, -0.05) is 50.6 Å². The molecule has 0 aliphatic carbocycles. The molecule has 1 fully saturated rings. The third-order valence-electron chi connectivity index (χ3n) is 4.62. The van der Waals surface area contributed by atoms with Crippen LogP contribution < -0.4 is 5.32 Å².